The second-order valence-electron chi connectivity index (χ2n) is 9.87. The van der Waals surface area contributed by atoms with Gasteiger partial charge in [-0.1, -0.05) is 60.5 Å². The molecule has 0 aliphatic heterocycles. The Balaban J connectivity index is 2.07. The Morgan fingerprint density at radius 3 is 2.20 bits per heavy atom. The number of hydrogen-bond acceptors (Lipinski definition) is 5. The summed E-state index contributed by atoms with van der Waals surface area (Å²) in [4.78, 5) is 28.7. The second-order valence-corrected chi connectivity index (χ2v) is 12.2. The van der Waals surface area contributed by atoms with E-state index in [1.807, 2.05) is 20.8 Å². The van der Waals surface area contributed by atoms with E-state index in [-0.39, 0.29) is 29.1 Å². The zero-order valence-electron chi connectivity index (χ0n) is 24.1. The number of sulfonamides is 1. The molecule has 0 aliphatic rings. The molecule has 0 saturated carbocycles. The summed E-state index contributed by atoms with van der Waals surface area (Å²) in [6.07, 6.45) is 0.723. The molecule has 10 heteroatoms. The molecular formula is C31H38ClN3O5S. The summed E-state index contributed by atoms with van der Waals surface area (Å²) in [5, 5.41) is 3.46. The van der Waals surface area contributed by atoms with Gasteiger partial charge in [-0.15, -0.1) is 0 Å². The van der Waals surface area contributed by atoms with Gasteiger partial charge in [-0.05, 0) is 76.1 Å². The number of anilines is 1. The van der Waals surface area contributed by atoms with Crippen molar-refractivity contribution in [3.8, 4) is 5.75 Å². The van der Waals surface area contributed by atoms with E-state index in [0.717, 1.165) is 21.9 Å². The van der Waals surface area contributed by atoms with Crippen LogP contribution in [0.15, 0.2) is 77.7 Å². The van der Waals surface area contributed by atoms with Crippen LogP contribution in [0.2, 0.25) is 5.02 Å². The topological polar surface area (TPSA) is 96.0 Å². The molecule has 0 unspecified atom stereocenters. The Morgan fingerprint density at radius 2 is 1.59 bits per heavy atom. The Morgan fingerprint density at radius 1 is 0.951 bits per heavy atom. The highest BCUT2D eigenvalue weighted by atomic mass is 35.5. The van der Waals surface area contributed by atoms with Crippen LogP contribution in [0.3, 0.4) is 0 Å². The molecule has 0 radical (unpaired) electrons. The molecule has 2 atom stereocenters. The lowest BCUT2D eigenvalue weighted by Crippen LogP contribution is -2.52. The van der Waals surface area contributed by atoms with Gasteiger partial charge in [-0.2, -0.15) is 0 Å². The SMILES string of the molecule is CCOc1ccccc1N(CC(=O)N(Cc1ccc(Cl)cc1)[C@@H](C)C(=O)N[C@H](C)CC)S(=O)(=O)c1ccc(C)cc1. The van der Waals surface area contributed by atoms with Crippen molar-refractivity contribution in [2.45, 2.75) is 64.6 Å². The van der Waals surface area contributed by atoms with Crippen LogP contribution in [0, 0.1) is 6.92 Å². The summed E-state index contributed by atoms with van der Waals surface area (Å²) in [5.74, 6) is -0.552. The lowest BCUT2D eigenvalue weighted by Gasteiger charge is -2.33. The molecular weight excluding hydrogens is 562 g/mol. The summed E-state index contributed by atoms with van der Waals surface area (Å²) in [6, 6.07) is 19.1. The first-order valence-corrected chi connectivity index (χ1v) is 15.4. The summed E-state index contributed by atoms with van der Waals surface area (Å²) < 4.78 is 34.9. The lowest BCUT2D eigenvalue weighted by molar-refractivity contribution is -0.139. The first-order chi connectivity index (χ1) is 19.5. The van der Waals surface area contributed by atoms with Gasteiger partial charge in [0.1, 0.15) is 18.3 Å². The van der Waals surface area contributed by atoms with E-state index < -0.39 is 28.5 Å². The van der Waals surface area contributed by atoms with Gasteiger partial charge in [0.2, 0.25) is 11.8 Å². The normalized spacial score (nSPS) is 12.7. The van der Waals surface area contributed by atoms with Crippen molar-refractivity contribution in [2.75, 3.05) is 17.5 Å². The average Bonchev–Trinajstić information content (AvgIpc) is 2.95. The Labute approximate surface area is 248 Å². The van der Waals surface area contributed by atoms with Gasteiger partial charge in [-0.25, -0.2) is 8.42 Å². The molecule has 0 bridgehead atoms. The molecule has 0 fully saturated rings. The molecule has 0 aromatic heterocycles. The van der Waals surface area contributed by atoms with Crippen molar-refractivity contribution >= 4 is 39.1 Å². The Hall–Kier alpha value is -3.56. The summed E-state index contributed by atoms with van der Waals surface area (Å²) in [7, 11) is -4.20. The predicted octanol–water partition coefficient (Wildman–Crippen LogP) is 5.57. The zero-order valence-corrected chi connectivity index (χ0v) is 25.7. The van der Waals surface area contributed by atoms with Crippen molar-refractivity contribution in [1.29, 1.82) is 0 Å². The standard InChI is InChI=1S/C31H38ClN3O5S/c1-6-23(4)33-31(37)24(5)34(20-25-14-16-26(32)17-15-25)30(36)21-35(28-10-8-9-11-29(28)40-7-2)41(38,39)27-18-12-22(3)13-19-27/h8-19,23-24H,6-7,20-21H2,1-5H3,(H,33,37)/t23-,24+/m1/s1. The highest BCUT2D eigenvalue weighted by Crippen LogP contribution is 2.33. The lowest BCUT2D eigenvalue weighted by atomic mass is 10.1. The number of para-hydroxylation sites is 2. The van der Waals surface area contributed by atoms with Crippen molar-refractivity contribution in [1.82, 2.24) is 10.2 Å². The second kappa shape index (κ2) is 14.4. The molecule has 0 aliphatic carbocycles. The molecule has 3 aromatic rings. The van der Waals surface area contributed by atoms with E-state index in [1.165, 1.54) is 17.0 Å². The van der Waals surface area contributed by atoms with Crippen LogP contribution in [-0.2, 0) is 26.2 Å². The molecule has 3 aromatic carbocycles. The van der Waals surface area contributed by atoms with Crippen LogP contribution in [0.25, 0.3) is 0 Å². The van der Waals surface area contributed by atoms with E-state index in [2.05, 4.69) is 5.32 Å². The monoisotopic (exact) mass is 599 g/mol. The minimum Gasteiger partial charge on any atom is -0.492 e. The molecule has 41 heavy (non-hydrogen) atoms. The highest BCUT2D eigenvalue weighted by Gasteiger charge is 2.34. The van der Waals surface area contributed by atoms with Crippen molar-refractivity contribution < 1.29 is 22.7 Å². The fourth-order valence-electron chi connectivity index (χ4n) is 4.13. The van der Waals surface area contributed by atoms with E-state index in [1.54, 1.807) is 74.5 Å². The molecule has 3 rings (SSSR count). The average molecular weight is 600 g/mol. The van der Waals surface area contributed by atoms with Crippen molar-refractivity contribution in [3.63, 3.8) is 0 Å². The number of carbonyl (C=O) groups is 2. The van der Waals surface area contributed by atoms with Gasteiger partial charge in [0.25, 0.3) is 10.0 Å². The van der Waals surface area contributed by atoms with Crippen LogP contribution < -0.4 is 14.4 Å². The van der Waals surface area contributed by atoms with E-state index in [9.17, 15) is 18.0 Å². The van der Waals surface area contributed by atoms with E-state index >= 15 is 0 Å². The number of halogens is 1. The van der Waals surface area contributed by atoms with Crippen molar-refractivity contribution in [2.24, 2.45) is 0 Å². The van der Waals surface area contributed by atoms with Crippen molar-refractivity contribution in [3.05, 3.63) is 88.9 Å². The number of rotatable bonds is 13. The van der Waals surface area contributed by atoms with Gasteiger partial charge in [-0.3, -0.25) is 13.9 Å². The molecule has 0 saturated heterocycles. The Bertz CT molecular complexity index is 1430. The number of carbonyl (C=O) groups excluding carboxylic acids is 2. The van der Waals surface area contributed by atoms with Gasteiger partial charge in [0, 0.05) is 17.6 Å². The zero-order chi connectivity index (χ0) is 30.2. The number of ether oxygens (including phenoxy) is 1. The maximum absolute atomic E-state index is 14.1. The number of nitrogens with one attached hydrogen (secondary N) is 1. The highest BCUT2D eigenvalue weighted by molar-refractivity contribution is 7.92. The molecule has 1 N–H and O–H groups in total. The number of benzene rings is 3. The first kappa shape index (κ1) is 32.0. The van der Waals surface area contributed by atoms with E-state index in [4.69, 9.17) is 16.3 Å². The third-order valence-electron chi connectivity index (χ3n) is 6.76. The largest absolute Gasteiger partial charge is 0.492 e. The third-order valence-corrected chi connectivity index (χ3v) is 8.78. The van der Waals surface area contributed by atoms with E-state index in [0.29, 0.717) is 17.4 Å². The minimum absolute atomic E-state index is 0.0361. The fourth-order valence-corrected chi connectivity index (χ4v) is 5.68. The molecule has 220 valence electrons. The van der Waals surface area contributed by atoms with Crippen LogP contribution in [0.4, 0.5) is 5.69 Å². The number of nitrogens with zero attached hydrogens (tertiary/aromatic N) is 2. The number of amides is 2. The fraction of sp³-hybridized carbons (Fsp3) is 0.355. The Kier molecular flexibility index (Phi) is 11.2. The molecule has 8 nitrogen and oxygen atoms in total. The third kappa shape index (κ3) is 8.24. The quantitative estimate of drug-likeness (QED) is 0.277. The van der Waals surface area contributed by atoms with Crippen LogP contribution >= 0.6 is 11.6 Å². The molecule has 2 amide bonds. The summed E-state index contributed by atoms with van der Waals surface area (Å²) >= 11 is 6.06. The molecule has 0 heterocycles. The molecule has 0 spiro atoms. The number of aryl methyl sites for hydroxylation is 1. The smallest absolute Gasteiger partial charge is 0.264 e. The maximum atomic E-state index is 14.1. The van der Waals surface area contributed by atoms with Crippen LogP contribution in [0.5, 0.6) is 5.75 Å². The predicted molar refractivity (Wildman–Crippen MR) is 163 cm³/mol. The van der Waals surface area contributed by atoms with Gasteiger partial charge >= 0.3 is 0 Å². The van der Waals surface area contributed by atoms with Gasteiger partial charge in [0.15, 0.2) is 0 Å². The van der Waals surface area contributed by atoms with Crippen LogP contribution in [-0.4, -0.2) is 50.4 Å². The summed E-state index contributed by atoms with van der Waals surface area (Å²) in [6.45, 7) is 8.98. The first-order valence-electron chi connectivity index (χ1n) is 13.6. The van der Waals surface area contributed by atoms with Crippen LogP contribution in [0.1, 0.15) is 45.2 Å². The number of hydrogen-bond donors (Lipinski definition) is 1. The van der Waals surface area contributed by atoms with Gasteiger partial charge in [0.05, 0.1) is 17.2 Å². The maximum Gasteiger partial charge on any atom is 0.264 e. The minimum atomic E-state index is -4.20. The van der Waals surface area contributed by atoms with Gasteiger partial charge < -0.3 is 15.0 Å². The summed E-state index contributed by atoms with van der Waals surface area (Å²) in [5.41, 5.74) is 1.87.